The van der Waals surface area contributed by atoms with Crippen molar-refractivity contribution in [2.45, 2.75) is 6.54 Å². The third-order valence-corrected chi connectivity index (χ3v) is 3.47. The topological polar surface area (TPSA) is 42.7 Å². The first-order chi connectivity index (χ1) is 10.2. The molecule has 0 saturated heterocycles. The maximum Gasteiger partial charge on any atom is 0.153 e. The minimum atomic E-state index is -0.230. The van der Waals surface area contributed by atoms with Crippen LogP contribution in [0.1, 0.15) is 5.56 Å². The highest BCUT2D eigenvalue weighted by Gasteiger charge is 2.03. The summed E-state index contributed by atoms with van der Waals surface area (Å²) in [5.41, 5.74) is 1.42. The van der Waals surface area contributed by atoms with Gasteiger partial charge in [0.15, 0.2) is 5.82 Å². The van der Waals surface area contributed by atoms with Crippen LogP contribution in [0.5, 0.6) is 0 Å². The number of hydrogen-bond donors (Lipinski definition) is 1. The second-order valence-corrected chi connectivity index (χ2v) is 5.36. The molecule has 0 aliphatic rings. The number of nitrogens with one attached hydrogen (secondary N) is 1. The van der Waals surface area contributed by atoms with Crippen LogP contribution in [0.25, 0.3) is 5.82 Å². The van der Waals surface area contributed by atoms with Gasteiger partial charge in [0, 0.05) is 29.0 Å². The Kier molecular flexibility index (Phi) is 3.96. The number of aromatic nitrogens is 3. The van der Waals surface area contributed by atoms with E-state index in [4.69, 9.17) is 0 Å². The van der Waals surface area contributed by atoms with Crippen LogP contribution >= 0.6 is 15.9 Å². The Bertz CT molecular complexity index is 726. The van der Waals surface area contributed by atoms with Gasteiger partial charge in [-0.05, 0) is 36.4 Å². The number of benzene rings is 1. The SMILES string of the molecule is Fc1ccc(Br)cc1CNc1ccc(-n2cccn2)nc1. The molecule has 2 aromatic heterocycles. The molecule has 0 atom stereocenters. The molecule has 0 amide bonds. The molecule has 0 fully saturated rings. The fourth-order valence-electron chi connectivity index (χ4n) is 1.91. The standard InChI is InChI=1S/C15H12BrFN4/c16-12-2-4-14(17)11(8-12)9-18-13-3-5-15(19-10-13)21-7-1-6-20-21/h1-8,10,18H,9H2. The molecule has 3 aromatic rings. The fourth-order valence-corrected chi connectivity index (χ4v) is 2.32. The van der Waals surface area contributed by atoms with Crippen molar-refractivity contribution in [1.29, 1.82) is 0 Å². The van der Waals surface area contributed by atoms with Crippen LogP contribution < -0.4 is 5.32 Å². The quantitative estimate of drug-likeness (QED) is 0.781. The van der Waals surface area contributed by atoms with Crippen LogP contribution in [-0.2, 0) is 6.54 Å². The molecule has 0 aliphatic heterocycles. The molecule has 0 bridgehead atoms. The summed E-state index contributed by atoms with van der Waals surface area (Å²) in [5, 5.41) is 7.26. The summed E-state index contributed by atoms with van der Waals surface area (Å²) in [4.78, 5) is 4.31. The normalized spacial score (nSPS) is 10.6. The molecule has 0 aliphatic carbocycles. The Labute approximate surface area is 129 Å². The number of anilines is 1. The second-order valence-electron chi connectivity index (χ2n) is 4.44. The van der Waals surface area contributed by atoms with E-state index < -0.39 is 0 Å². The zero-order chi connectivity index (χ0) is 14.7. The fraction of sp³-hybridized carbons (Fsp3) is 0.0667. The monoisotopic (exact) mass is 346 g/mol. The molecule has 1 N–H and O–H groups in total. The summed E-state index contributed by atoms with van der Waals surface area (Å²) in [6, 6.07) is 10.5. The van der Waals surface area contributed by atoms with Crippen molar-refractivity contribution in [2.75, 3.05) is 5.32 Å². The molecule has 106 valence electrons. The zero-order valence-electron chi connectivity index (χ0n) is 11.0. The summed E-state index contributed by atoms with van der Waals surface area (Å²) in [5.74, 6) is 0.506. The molecule has 1 aromatic carbocycles. The highest BCUT2D eigenvalue weighted by molar-refractivity contribution is 9.10. The summed E-state index contributed by atoms with van der Waals surface area (Å²) in [6.07, 6.45) is 5.23. The third kappa shape index (κ3) is 3.28. The van der Waals surface area contributed by atoms with Crippen molar-refractivity contribution in [2.24, 2.45) is 0 Å². The van der Waals surface area contributed by atoms with Crippen LogP contribution in [0.2, 0.25) is 0 Å². The Morgan fingerprint density at radius 3 is 2.86 bits per heavy atom. The average Bonchev–Trinajstić information content (AvgIpc) is 3.03. The van der Waals surface area contributed by atoms with Gasteiger partial charge in [0.25, 0.3) is 0 Å². The predicted molar refractivity (Wildman–Crippen MR) is 82.8 cm³/mol. The van der Waals surface area contributed by atoms with Gasteiger partial charge in [-0.3, -0.25) is 0 Å². The highest BCUT2D eigenvalue weighted by Crippen LogP contribution is 2.17. The molecule has 0 saturated carbocycles. The summed E-state index contributed by atoms with van der Waals surface area (Å²) < 4.78 is 16.2. The van der Waals surface area contributed by atoms with E-state index in [2.05, 4.69) is 31.3 Å². The molecule has 2 heterocycles. The van der Waals surface area contributed by atoms with Gasteiger partial charge in [-0.2, -0.15) is 5.10 Å². The Morgan fingerprint density at radius 1 is 1.24 bits per heavy atom. The van der Waals surface area contributed by atoms with Crippen LogP contribution in [-0.4, -0.2) is 14.8 Å². The van der Waals surface area contributed by atoms with Crippen LogP contribution in [0.15, 0.2) is 59.5 Å². The number of nitrogens with zero attached hydrogens (tertiary/aromatic N) is 3. The lowest BCUT2D eigenvalue weighted by molar-refractivity contribution is 0.612. The van der Waals surface area contributed by atoms with E-state index in [9.17, 15) is 4.39 Å². The smallest absolute Gasteiger partial charge is 0.153 e. The predicted octanol–water partition coefficient (Wildman–Crippen LogP) is 3.78. The van der Waals surface area contributed by atoms with Crippen molar-refractivity contribution < 1.29 is 4.39 Å². The molecule has 0 spiro atoms. The molecular weight excluding hydrogens is 335 g/mol. The first-order valence-corrected chi connectivity index (χ1v) is 7.15. The lowest BCUT2D eigenvalue weighted by Crippen LogP contribution is -2.03. The first-order valence-electron chi connectivity index (χ1n) is 6.36. The Morgan fingerprint density at radius 2 is 2.14 bits per heavy atom. The van der Waals surface area contributed by atoms with Gasteiger partial charge in [0.05, 0.1) is 11.9 Å². The van der Waals surface area contributed by atoms with Crippen LogP contribution in [0.3, 0.4) is 0 Å². The molecule has 21 heavy (non-hydrogen) atoms. The minimum absolute atomic E-state index is 0.230. The number of halogens is 2. The molecule has 6 heteroatoms. The molecule has 4 nitrogen and oxygen atoms in total. The average molecular weight is 347 g/mol. The lowest BCUT2D eigenvalue weighted by Gasteiger charge is -2.08. The third-order valence-electron chi connectivity index (χ3n) is 2.98. The Balaban J connectivity index is 1.70. The van der Waals surface area contributed by atoms with Crippen molar-refractivity contribution >= 4 is 21.6 Å². The lowest BCUT2D eigenvalue weighted by atomic mass is 10.2. The van der Waals surface area contributed by atoms with Crippen molar-refractivity contribution in [3.63, 3.8) is 0 Å². The van der Waals surface area contributed by atoms with Gasteiger partial charge in [-0.1, -0.05) is 15.9 Å². The number of hydrogen-bond acceptors (Lipinski definition) is 3. The molecule has 0 unspecified atom stereocenters. The molecule has 0 radical (unpaired) electrons. The van der Waals surface area contributed by atoms with E-state index in [1.807, 2.05) is 24.4 Å². The van der Waals surface area contributed by atoms with Crippen LogP contribution in [0, 0.1) is 5.82 Å². The van der Waals surface area contributed by atoms with Crippen molar-refractivity contribution in [3.8, 4) is 5.82 Å². The largest absolute Gasteiger partial charge is 0.380 e. The molecular formula is C15H12BrFN4. The summed E-state index contributed by atoms with van der Waals surface area (Å²) in [6.45, 7) is 0.397. The zero-order valence-corrected chi connectivity index (χ0v) is 12.6. The van der Waals surface area contributed by atoms with Gasteiger partial charge in [-0.15, -0.1) is 0 Å². The highest BCUT2D eigenvalue weighted by atomic mass is 79.9. The van der Waals surface area contributed by atoms with Gasteiger partial charge >= 0.3 is 0 Å². The minimum Gasteiger partial charge on any atom is -0.380 e. The summed E-state index contributed by atoms with van der Waals surface area (Å²) in [7, 11) is 0. The molecule has 3 rings (SSSR count). The van der Waals surface area contributed by atoms with Crippen molar-refractivity contribution in [3.05, 3.63) is 70.8 Å². The maximum atomic E-state index is 13.6. The number of rotatable bonds is 4. The Hall–Kier alpha value is -2.21. The van der Waals surface area contributed by atoms with Crippen LogP contribution in [0.4, 0.5) is 10.1 Å². The van der Waals surface area contributed by atoms with Gasteiger partial charge in [0.1, 0.15) is 5.82 Å². The van der Waals surface area contributed by atoms with E-state index >= 15 is 0 Å². The van der Waals surface area contributed by atoms with Gasteiger partial charge in [0.2, 0.25) is 0 Å². The van der Waals surface area contributed by atoms with Gasteiger partial charge in [-0.25, -0.2) is 14.1 Å². The van der Waals surface area contributed by atoms with E-state index in [1.54, 1.807) is 29.2 Å². The van der Waals surface area contributed by atoms with Gasteiger partial charge < -0.3 is 5.32 Å². The van der Waals surface area contributed by atoms with Crippen molar-refractivity contribution in [1.82, 2.24) is 14.8 Å². The van der Waals surface area contributed by atoms with E-state index in [-0.39, 0.29) is 5.82 Å². The van der Waals surface area contributed by atoms with E-state index in [0.29, 0.717) is 12.1 Å². The number of pyridine rings is 1. The second kappa shape index (κ2) is 6.05. The summed E-state index contributed by atoms with van der Waals surface area (Å²) >= 11 is 3.34. The maximum absolute atomic E-state index is 13.6. The first kappa shape index (κ1) is 13.8. The van der Waals surface area contributed by atoms with E-state index in [0.717, 1.165) is 16.0 Å². The van der Waals surface area contributed by atoms with E-state index in [1.165, 1.54) is 6.07 Å².